The summed E-state index contributed by atoms with van der Waals surface area (Å²) in [6.07, 6.45) is 3.86. The Kier molecular flexibility index (Phi) is 7.43. The second kappa shape index (κ2) is 9.56. The largest absolute Gasteiger partial charge is 0.352 e. The highest BCUT2D eigenvalue weighted by Gasteiger charge is 2.11. The molecular weight excluding hydrogens is 363 g/mol. The van der Waals surface area contributed by atoms with Crippen LogP contribution in [0.5, 0.6) is 0 Å². The molecule has 1 amide bonds. The van der Waals surface area contributed by atoms with Gasteiger partial charge in [0.1, 0.15) is 0 Å². The lowest BCUT2D eigenvalue weighted by Crippen LogP contribution is -2.29. The second-order valence-corrected chi connectivity index (χ2v) is 6.05. The average molecular weight is 383 g/mol. The zero-order valence-electron chi connectivity index (χ0n) is 13.6. The molecule has 2 N–H and O–H groups in total. The van der Waals surface area contributed by atoms with Gasteiger partial charge in [-0.15, -0.1) is 12.4 Å². The molecule has 0 spiro atoms. The average Bonchev–Trinajstić information content (AvgIpc) is 3.09. The summed E-state index contributed by atoms with van der Waals surface area (Å²) < 4.78 is 5.20. The van der Waals surface area contributed by atoms with Crippen molar-refractivity contribution in [2.24, 2.45) is 0 Å². The third-order valence-corrected chi connectivity index (χ3v) is 4.06. The van der Waals surface area contributed by atoms with Gasteiger partial charge in [-0.25, -0.2) is 0 Å². The van der Waals surface area contributed by atoms with Crippen molar-refractivity contribution in [3.05, 3.63) is 46.8 Å². The molecule has 0 saturated carbocycles. The maximum absolute atomic E-state index is 11.9. The van der Waals surface area contributed by atoms with Crippen molar-refractivity contribution in [1.82, 2.24) is 20.8 Å². The van der Waals surface area contributed by atoms with Gasteiger partial charge < -0.3 is 15.2 Å². The minimum Gasteiger partial charge on any atom is -0.352 e. The van der Waals surface area contributed by atoms with Gasteiger partial charge in [-0.2, -0.15) is 4.98 Å². The zero-order chi connectivity index (χ0) is 16.8. The summed E-state index contributed by atoms with van der Waals surface area (Å²) in [4.78, 5) is 16.2. The van der Waals surface area contributed by atoms with Crippen LogP contribution in [0.3, 0.4) is 0 Å². The van der Waals surface area contributed by atoms with E-state index in [-0.39, 0.29) is 18.3 Å². The van der Waals surface area contributed by atoms with Crippen molar-refractivity contribution in [3.63, 3.8) is 0 Å². The fourth-order valence-electron chi connectivity index (χ4n) is 2.42. The predicted molar refractivity (Wildman–Crippen MR) is 98.9 cm³/mol. The van der Waals surface area contributed by atoms with Gasteiger partial charge in [-0.05, 0) is 37.2 Å². The molecule has 0 bridgehead atoms. The van der Waals surface area contributed by atoms with Gasteiger partial charge in [0.15, 0.2) is 0 Å². The van der Waals surface area contributed by atoms with Gasteiger partial charge in [0, 0.05) is 36.5 Å². The van der Waals surface area contributed by atoms with Gasteiger partial charge in [0.05, 0.1) is 0 Å². The summed E-state index contributed by atoms with van der Waals surface area (Å²) in [5.41, 5.74) is 2.10. The summed E-state index contributed by atoms with van der Waals surface area (Å²) in [5.74, 6) is 0.943. The second-order valence-electron chi connectivity index (χ2n) is 5.61. The standard InChI is InChI=1S/C17H19ClN4O2.ClH/c18-14-3-1-13(2-4-14)17-21-16(24-22-17)6-5-15(23)20-11-12-7-9-19-10-8-12;/h1-4,7,19H,5-6,8-11H2,(H,20,23);1H. The van der Waals surface area contributed by atoms with Gasteiger partial charge in [0.25, 0.3) is 0 Å². The van der Waals surface area contributed by atoms with Crippen LogP contribution in [0.25, 0.3) is 11.4 Å². The highest BCUT2D eigenvalue weighted by molar-refractivity contribution is 6.30. The fourth-order valence-corrected chi connectivity index (χ4v) is 2.55. The lowest BCUT2D eigenvalue weighted by Gasteiger charge is -2.14. The van der Waals surface area contributed by atoms with Crippen LogP contribution in [0.2, 0.25) is 5.02 Å². The van der Waals surface area contributed by atoms with E-state index < -0.39 is 0 Å². The molecule has 1 aromatic heterocycles. The Labute approximate surface area is 157 Å². The van der Waals surface area contributed by atoms with E-state index in [2.05, 4.69) is 26.9 Å². The first-order chi connectivity index (χ1) is 11.7. The summed E-state index contributed by atoms with van der Waals surface area (Å²) in [6.45, 7) is 2.46. The number of carbonyl (C=O) groups excluding carboxylic acids is 1. The Hall–Kier alpha value is -1.89. The van der Waals surface area contributed by atoms with Gasteiger partial charge in [-0.1, -0.05) is 28.4 Å². The first kappa shape index (κ1) is 19.4. The highest BCUT2D eigenvalue weighted by Crippen LogP contribution is 2.18. The van der Waals surface area contributed by atoms with E-state index in [1.54, 1.807) is 12.1 Å². The number of halogens is 2. The Morgan fingerprint density at radius 3 is 2.84 bits per heavy atom. The lowest BCUT2D eigenvalue weighted by atomic mass is 10.1. The molecule has 0 saturated heterocycles. The molecule has 3 rings (SSSR count). The molecule has 0 unspecified atom stereocenters. The van der Waals surface area contributed by atoms with Crippen LogP contribution in [-0.2, 0) is 11.2 Å². The number of hydrogen-bond donors (Lipinski definition) is 2. The van der Waals surface area contributed by atoms with Crippen molar-refractivity contribution in [1.29, 1.82) is 0 Å². The molecule has 0 radical (unpaired) electrons. The molecule has 134 valence electrons. The van der Waals surface area contributed by atoms with E-state index in [1.165, 1.54) is 5.57 Å². The maximum Gasteiger partial charge on any atom is 0.227 e. The normalized spacial score (nSPS) is 13.7. The van der Waals surface area contributed by atoms with E-state index in [1.807, 2.05) is 12.1 Å². The first-order valence-corrected chi connectivity index (χ1v) is 8.32. The number of aryl methyl sites for hydroxylation is 1. The number of aromatic nitrogens is 2. The van der Waals surface area contributed by atoms with E-state index >= 15 is 0 Å². The summed E-state index contributed by atoms with van der Waals surface area (Å²) in [5, 5.41) is 10.8. The number of benzene rings is 1. The molecule has 0 fully saturated rings. The molecule has 2 aromatic rings. The Balaban J connectivity index is 0.00000225. The number of carbonyl (C=O) groups is 1. The van der Waals surface area contributed by atoms with Gasteiger partial charge >= 0.3 is 0 Å². The number of nitrogens with one attached hydrogen (secondary N) is 2. The third kappa shape index (κ3) is 5.85. The number of hydrogen-bond acceptors (Lipinski definition) is 5. The molecular formula is C17H20Cl2N4O2. The minimum absolute atomic E-state index is 0. The first-order valence-electron chi connectivity index (χ1n) is 7.94. The summed E-state index contributed by atoms with van der Waals surface area (Å²) in [6, 6.07) is 7.21. The Bertz CT molecular complexity index is 729. The smallest absolute Gasteiger partial charge is 0.227 e. The molecule has 1 aliphatic heterocycles. The van der Waals surface area contributed by atoms with Crippen molar-refractivity contribution in [2.75, 3.05) is 19.6 Å². The van der Waals surface area contributed by atoms with Gasteiger partial charge in [0.2, 0.25) is 17.6 Å². The van der Waals surface area contributed by atoms with E-state index in [0.717, 1.165) is 25.1 Å². The molecule has 6 nitrogen and oxygen atoms in total. The molecule has 2 heterocycles. The van der Waals surface area contributed by atoms with Crippen LogP contribution in [0, 0.1) is 0 Å². The maximum atomic E-state index is 11.9. The predicted octanol–water partition coefficient (Wildman–Crippen LogP) is 2.78. The Morgan fingerprint density at radius 2 is 2.12 bits per heavy atom. The highest BCUT2D eigenvalue weighted by atomic mass is 35.5. The fraction of sp³-hybridized carbons (Fsp3) is 0.353. The van der Waals surface area contributed by atoms with Crippen LogP contribution in [-0.4, -0.2) is 35.7 Å². The van der Waals surface area contributed by atoms with Crippen LogP contribution in [0.15, 0.2) is 40.4 Å². The van der Waals surface area contributed by atoms with Crippen molar-refractivity contribution in [2.45, 2.75) is 19.3 Å². The molecule has 0 atom stereocenters. The minimum atomic E-state index is -0.0133. The topological polar surface area (TPSA) is 80.0 Å². The third-order valence-electron chi connectivity index (χ3n) is 3.81. The van der Waals surface area contributed by atoms with E-state index in [4.69, 9.17) is 16.1 Å². The Morgan fingerprint density at radius 1 is 1.32 bits per heavy atom. The van der Waals surface area contributed by atoms with Crippen molar-refractivity contribution < 1.29 is 9.32 Å². The van der Waals surface area contributed by atoms with E-state index in [0.29, 0.717) is 36.1 Å². The lowest BCUT2D eigenvalue weighted by molar-refractivity contribution is -0.121. The zero-order valence-corrected chi connectivity index (χ0v) is 15.2. The SMILES string of the molecule is Cl.O=C(CCc1nc(-c2ccc(Cl)cc2)no1)NCC1=CCNCC1. The van der Waals surface area contributed by atoms with Crippen LogP contribution in [0.4, 0.5) is 0 Å². The van der Waals surface area contributed by atoms with Crippen LogP contribution in [0.1, 0.15) is 18.7 Å². The van der Waals surface area contributed by atoms with Crippen molar-refractivity contribution in [3.8, 4) is 11.4 Å². The van der Waals surface area contributed by atoms with Crippen molar-refractivity contribution >= 4 is 29.9 Å². The molecule has 1 aliphatic rings. The molecule has 1 aromatic carbocycles. The number of nitrogens with zero attached hydrogens (tertiary/aromatic N) is 2. The van der Waals surface area contributed by atoms with E-state index in [9.17, 15) is 4.79 Å². The van der Waals surface area contributed by atoms with Crippen LogP contribution >= 0.6 is 24.0 Å². The summed E-state index contributed by atoms with van der Waals surface area (Å²) >= 11 is 5.86. The van der Waals surface area contributed by atoms with Gasteiger partial charge in [-0.3, -0.25) is 4.79 Å². The molecule has 0 aliphatic carbocycles. The quantitative estimate of drug-likeness (QED) is 0.750. The summed E-state index contributed by atoms with van der Waals surface area (Å²) in [7, 11) is 0. The molecule has 25 heavy (non-hydrogen) atoms. The van der Waals surface area contributed by atoms with Crippen LogP contribution < -0.4 is 10.6 Å². The number of amides is 1. The molecule has 8 heteroatoms. The monoisotopic (exact) mass is 382 g/mol. The number of rotatable bonds is 6.